The standard InChI is InChI=1S/C7H13NO2/c1-6(9)7(10-8)4-2-3-5-7/h2-5,8H2,1H3. The molecule has 0 saturated heterocycles. The minimum atomic E-state index is -0.625. The van der Waals surface area contributed by atoms with Gasteiger partial charge in [-0.25, -0.2) is 5.90 Å². The number of ketones is 1. The van der Waals surface area contributed by atoms with E-state index in [1.54, 1.807) is 0 Å². The van der Waals surface area contributed by atoms with Crippen LogP contribution >= 0.6 is 0 Å². The number of rotatable bonds is 2. The molecule has 1 aliphatic rings. The fourth-order valence-corrected chi connectivity index (χ4v) is 1.50. The quantitative estimate of drug-likeness (QED) is 0.581. The van der Waals surface area contributed by atoms with Gasteiger partial charge in [0.15, 0.2) is 5.78 Å². The minimum Gasteiger partial charge on any atom is -0.297 e. The van der Waals surface area contributed by atoms with Crippen molar-refractivity contribution in [1.29, 1.82) is 0 Å². The van der Waals surface area contributed by atoms with Crippen LogP contribution < -0.4 is 5.90 Å². The zero-order valence-corrected chi connectivity index (χ0v) is 6.22. The summed E-state index contributed by atoms with van der Waals surface area (Å²) in [6.45, 7) is 1.54. The molecule has 1 fully saturated rings. The predicted octanol–water partition coefficient (Wildman–Crippen LogP) is 0.778. The van der Waals surface area contributed by atoms with E-state index >= 15 is 0 Å². The van der Waals surface area contributed by atoms with Crippen LogP contribution in [-0.4, -0.2) is 11.4 Å². The predicted molar refractivity (Wildman–Crippen MR) is 37.2 cm³/mol. The molecule has 1 rings (SSSR count). The molecule has 0 unspecified atom stereocenters. The van der Waals surface area contributed by atoms with E-state index in [-0.39, 0.29) is 5.78 Å². The maximum Gasteiger partial charge on any atom is 0.163 e. The van der Waals surface area contributed by atoms with Crippen molar-refractivity contribution >= 4 is 5.78 Å². The molecule has 3 nitrogen and oxygen atoms in total. The van der Waals surface area contributed by atoms with Crippen LogP contribution in [0.2, 0.25) is 0 Å². The number of hydrogen-bond donors (Lipinski definition) is 1. The highest BCUT2D eigenvalue weighted by Crippen LogP contribution is 2.32. The van der Waals surface area contributed by atoms with Gasteiger partial charge in [0, 0.05) is 0 Å². The first-order valence-electron chi connectivity index (χ1n) is 3.60. The van der Waals surface area contributed by atoms with Gasteiger partial charge in [-0.3, -0.25) is 9.63 Å². The summed E-state index contributed by atoms with van der Waals surface area (Å²) in [5, 5.41) is 0. The molecule has 0 aliphatic heterocycles. The van der Waals surface area contributed by atoms with Crippen LogP contribution in [0.3, 0.4) is 0 Å². The Kier molecular flexibility index (Phi) is 2.06. The van der Waals surface area contributed by atoms with Gasteiger partial charge in [0.2, 0.25) is 0 Å². The zero-order valence-electron chi connectivity index (χ0n) is 6.22. The van der Waals surface area contributed by atoms with Crippen LogP contribution in [-0.2, 0) is 9.63 Å². The third kappa shape index (κ3) is 1.07. The Balaban J connectivity index is 2.67. The molecule has 2 N–H and O–H groups in total. The van der Waals surface area contributed by atoms with Crippen LogP contribution in [0.15, 0.2) is 0 Å². The lowest BCUT2D eigenvalue weighted by Gasteiger charge is -2.21. The molecule has 0 bridgehead atoms. The largest absolute Gasteiger partial charge is 0.297 e. The average Bonchev–Trinajstić information content (AvgIpc) is 2.35. The highest BCUT2D eigenvalue weighted by atomic mass is 16.6. The highest BCUT2D eigenvalue weighted by molar-refractivity contribution is 5.85. The second kappa shape index (κ2) is 2.68. The maximum atomic E-state index is 11.0. The van der Waals surface area contributed by atoms with Gasteiger partial charge in [-0.05, 0) is 32.6 Å². The Hall–Kier alpha value is -0.410. The summed E-state index contributed by atoms with van der Waals surface area (Å²) >= 11 is 0. The number of Topliss-reactive ketones (excluding diaryl/α,β-unsaturated/α-hetero) is 1. The fourth-order valence-electron chi connectivity index (χ4n) is 1.50. The lowest BCUT2D eigenvalue weighted by Crippen LogP contribution is -2.39. The van der Waals surface area contributed by atoms with E-state index in [1.165, 1.54) is 6.92 Å². The molecule has 0 atom stereocenters. The summed E-state index contributed by atoms with van der Waals surface area (Å²) < 4.78 is 0. The van der Waals surface area contributed by atoms with Crippen LogP contribution in [0, 0.1) is 0 Å². The summed E-state index contributed by atoms with van der Waals surface area (Å²) in [4.78, 5) is 15.7. The Morgan fingerprint density at radius 3 is 2.20 bits per heavy atom. The molecule has 0 spiro atoms. The maximum absolute atomic E-state index is 11.0. The molecule has 58 valence electrons. The van der Waals surface area contributed by atoms with Crippen LogP contribution in [0.5, 0.6) is 0 Å². The van der Waals surface area contributed by atoms with Crippen molar-refractivity contribution in [2.75, 3.05) is 0 Å². The zero-order chi connectivity index (χ0) is 7.61. The second-order valence-corrected chi connectivity index (χ2v) is 2.88. The van der Waals surface area contributed by atoms with E-state index in [4.69, 9.17) is 10.7 Å². The first-order valence-corrected chi connectivity index (χ1v) is 3.60. The van der Waals surface area contributed by atoms with Gasteiger partial charge in [0.25, 0.3) is 0 Å². The van der Waals surface area contributed by atoms with E-state index < -0.39 is 5.60 Å². The van der Waals surface area contributed by atoms with Gasteiger partial charge in [0.05, 0.1) is 0 Å². The molecule has 3 heteroatoms. The van der Waals surface area contributed by atoms with Gasteiger partial charge in [0.1, 0.15) is 5.60 Å². The second-order valence-electron chi connectivity index (χ2n) is 2.88. The average molecular weight is 143 g/mol. The summed E-state index contributed by atoms with van der Waals surface area (Å²) in [5.74, 6) is 5.11. The lowest BCUT2D eigenvalue weighted by atomic mass is 9.98. The first-order chi connectivity index (χ1) is 4.71. The van der Waals surface area contributed by atoms with Gasteiger partial charge >= 0.3 is 0 Å². The van der Waals surface area contributed by atoms with E-state index in [9.17, 15) is 4.79 Å². The summed E-state index contributed by atoms with van der Waals surface area (Å²) in [6.07, 6.45) is 3.69. The monoisotopic (exact) mass is 143 g/mol. The summed E-state index contributed by atoms with van der Waals surface area (Å²) in [7, 11) is 0. The Morgan fingerprint density at radius 1 is 1.50 bits per heavy atom. The van der Waals surface area contributed by atoms with Crippen molar-refractivity contribution in [1.82, 2.24) is 0 Å². The van der Waals surface area contributed by atoms with Gasteiger partial charge < -0.3 is 0 Å². The van der Waals surface area contributed by atoms with Crippen LogP contribution in [0.25, 0.3) is 0 Å². The van der Waals surface area contributed by atoms with Crippen molar-refractivity contribution in [3.63, 3.8) is 0 Å². The van der Waals surface area contributed by atoms with Crippen LogP contribution in [0.1, 0.15) is 32.6 Å². The molecule has 0 aromatic rings. The SMILES string of the molecule is CC(=O)C1(ON)CCCC1. The van der Waals surface area contributed by atoms with Crippen molar-refractivity contribution in [2.45, 2.75) is 38.2 Å². The molecule has 0 amide bonds. The molecule has 0 heterocycles. The molecule has 0 aromatic heterocycles. The number of hydrogen-bond acceptors (Lipinski definition) is 3. The molecule has 10 heavy (non-hydrogen) atoms. The summed E-state index contributed by atoms with van der Waals surface area (Å²) in [5.41, 5.74) is -0.625. The van der Waals surface area contributed by atoms with Crippen LogP contribution in [0.4, 0.5) is 0 Å². The number of carbonyl (C=O) groups is 1. The topological polar surface area (TPSA) is 52.3 Å². The number of nitrogens with two attached hydrogens (primary N) is 1. The van der Waals surface area contributed by atoms with E-state index in [0.717, 1.165) is 25.7 Å². The van der Waals surface area contributed by atoms with E-state index in [2.05, 4.69) is 0 Å². The van der Waals surface area contributed by atoms with Gasteiger partial charge in [-0.2, -0.15) is 0 Å². The Labute approximate surface area is 60.5 Å². The highest BCUT2D eigenvalue weighted by Gasteiger charge is 2.39. The Bertz CT molecular complexity index is 139. The molecular formula is C7H13NO2. The van der Waals surface area contributed by atoms with Crippen molar-refractivity contribution < 1.29 is 9.63 Å². The van der Waals surface area contributed by atoms with Crippen molar-refractivity contribution in [3.05, 3.63) is 0 Å². The lowest BCUT2D eigenvalue weighted by molar-refractivity contribution is -0.142. The van der Waals surface area contributed by atoms with Gasteiger partial charge in [-0.1, -0.05) is 0 Å². The third-order valence-electron chi connectivity index (χ3n) is 2.28. The molecule has 1 saturated carbocycles. The number of carbonyl (C=O) groups excluding carboxylic acids is 1. The first kappa shape index (κ1) is 7.69. The normalized spacial score (nSPS) is 23.0. The van der Waals surface area contributed by atoms with Gasteiger partial charge in [-0.15, -0.1) is 0 Å². The van der Waals surface area contributed by atoms with E-state index in [1.807, 2.05) is 0 Å². The van der Waals surface area contributed by atoms with Crippen molar-refractivity contribution in [3.8, 4) is 0 Å². The van der Waals surface area contributed by atoms with E-state index in [0.29, 0.717) is 0 Å². The smallest absolute Gasteiger partial charge is 0.163 e. The summed E-state index contributed by atoms with van der Waals surface area (Å²) in [6, 6.07) is 0. The fraction of sp³-hybridized carbons (Fsp3) is 0.857. The molecular weight excluding hydrogens is 130 g/mol. The minimum absolute atomic E-state index is 0.0625. The molecule has 0 aromatic carbocycles. The molecule has 0 radical (unpaired) electrons. The Morgan fingerprint density at radius 2 is 2.00 bits per heavy atom. The third-order valence-corrected chi connectivity index (χ3v) is 2.28. The van der Waals surface area contributed by atoms with Crippen molar-refractivity contribution in [2.24, 2.45) is 5.90 Å². The molecule has 1 aliphatic carbocycles.